The van der Waals surface area contributed by atoms with Crippen LogP contribution in [0.1, 0.15) is 47.8 Å². The van der Waals surface area contributed by atoms with Gasteiger partial charge in [0, 0.05) is 5.69 Å². The van der Waals surface area contributed by atoms with Crippen LogP contribution >= 0.6 is 0 Å². The monoisotopic (exact) mass is 347 g/mol. The molecule has 8 heteroatoms. The third kappa shape index (κ3) is 4.91. The Labute approximate surface area is 146 Å². The topological polar surface area (TPSA) is 102 Å². The van der Waals surface area contributed by atoms with Crippen molar-refractivity contribution in [1.82, 2.24) is 25.3 Å². The van der Waals surface area contributed by atoms with Crippen molar-refractivity contribution in [1.29, 1.82) is 0 Å². The van der Waals surface area contributed by atoms with Crippen LogP contribution in [0.2, 0.25) is 0 Å². The van der Waals surface area contributed by atoms with Gasteiger partial charge in [-0.1, -0.05) is 13.8 Å². The molecule has 1 amide bonds. The van der Waals surface area contributed by atoms with Gasteiger partial charge in [0.2, 0.25) is 0 Å². The molecule has 25 heavy (non-hydrogen) atoms. The average molecular weight is 347 g/mol. The Hall–Kier alpha value is -2.64. The first-order chi connectivity index (χ1) is 11.8. The summed E-state index contributed by atoms with van der Waals surface area (Å²) in [6.07, 6.45) is 0.501. The summed E-state index contributed by atoms with van der Waals surface area (Å²) < 4.78 is 6.59. The maximum atomic E-state index is 12.4. The van der Waals surface area contributed by atoms with Crippen LogP contribution < -0.4 is 5.32 Å². The van der Waals surface area contributed by atoms with Crippen molar-refractivity contribution in [2.24, 2.45) is 5.92 Å². The number of amides is 1. The van der Waals surface area contributed by atoms with E-state index >= 15 is 0 Å². The molecule has 0 aliphatic carbocycles. The molecule has 0 unspecified atom stereocenters. The lowest BCUT2D eigenvalue weighted by molar-refractivity contribution is -0.143. The van der Waals surface area contributed by atoms with Crippen LogP contribution in [0.25, 0.3) is 0 Å². The molecule has 0 aliphatic rings. The summed E-state index contributed by atoms with van der Waals surface area (Å²) in [5.41, 5.74) is 2.95. The molecule has 0 bridgehead atoms. The Balaban J connectivity index is 2.06. The highest BCUT2D eigenvalue weighted by Crippen LogP contribution is 2.09. The SMILES string of the molecule is COC(=O)[C@H](CC(C)C)NC(=O)c1cc(Cn2nc(C)cc2C)[nH]n1. The molecule has 2 heterocycles. The Morgan fingerprint density at radius 2 is 2.04 bits per heavy atom. The van der Waals surface area contributed by atoms with Gasteiger partial charge in [0.1, 0.15) is 11.7 Å². The van der Waals surface area contributed by atoms with E-state index < -0.39 is 17.9 Å². The molecule has 2 rings (SSSR count). The van der Waals surface area contributed by atoms with Gasteiger partial charge in [-0.25, -0.2) is 4.79 Å². The minimum Gasteiger partial charge on any atom is -0.467 e. The number of H-pyrrole nitrogens is 1. The second-order valence-corrected chi connectivity index (χ2v) is 6.54. The summed E-state index contributed by atoms with van der Waals surface area (Å²) in [6.45, 7) is 8.34. The van der Waals surface area contributed by atoms with Crippen LogP contribution in [0.3, 0.4) is 0 Å². The molecule has 0 spiro atoms. The number of nitrogens with one attached hydrogen (secondary N) is 2. The Bertz CT molecular complexity index is 747. The van der Waals surface area contributed by atoms with Crippen LogP contribution in [-0.4, -0.2) is 45.0 Å². The Kier molecular flexibility index (Phi) is 5.95. The summed E-state index contributed by atoms with van der Waals surface area (Å²) in [6, 6.07) is 2.96. The fourth-order valence-corrected chi connectivity index (χ4v) is 2.62. The Morgan fingerprint density at radius 1 is 1.32 bits per heavy atom. The molecular weight excluding hydrogens is 322 g/mol. The number of methoxy groups -OCH3 is 1. The summed E-state index contributed by atoms with van der Waals surface area (Å²) in [5.74, 6) is -0.627. The van der Waals surface area contributed by atoms with Crippen LogP contribution in [0.15, 0.2) is 12.1 Å². The van der Waals surface area contributed by atoms with Crippen molar-refractivity contribution in [3.05, 3.63) is 34.9 Å². The lowest BCUT2D eigenvalue weighted by Gasteiger charge is -2.17. The second-order valence-electron chi connectivity index (χ2n) is 6.54. The molecule has 2 N–H and O–H groups in total. The van der Waals surface area contributed by atoms with E-state index in [2.05, 4.69) is 20.6 Å². The first-order valence-corrected chi connectivity index (χ1v) is 8.24. The van der Waals surface area contributed by atoms with Crippen molar-refractivity contribution < 1.29 is 14.3 Å². The minimum absolute atomic E-state index is 0.231. The number of hydrogen-bond donors (Lipinski definition) is 2. The first kappa shape index (κ1) is 18.7. The first-order valence-electron chi connectivity index (χ1n) is 8.24. The van der Waals surface area contributed by atoms with Crippen molar-refractivity contribution in [2.45, 2.75) is 46.7 Å². The highest BCUT2D eigenvalue weighted by atomic mass is 16.5. The third-order valence-corrected chi connectivity index (χ3v) is 3.79. The van der Waals surface area contributed by atoms with Crippen molar-refractivity contribution in [3.63, 3.8) is 0 Å². The lowest BCUT2D eigenvalue weighted by Crippen LogP contribution is -2.42. The number of aromatic amines is 1. The van der Waals surface area contributed by atoms with E-state index in [1.165, 1.54) is 7.11 Å². The maximum absolute atomic E-state index is 12.4. The molecule has 0 aliphatic heterocycles. The fourth-order valence-electron chi connectivity index (χ4n) is 2.62. The summed E-state index contributed by atoms with van der Waals surface area (Å²) >= 11 is 0. The molecule has 136 valence electrons. The molecule has 0 fully saturated rings. The second kappa shape index (κ2) is 7.96. The van der Waals surface area contributed by atoms with E-state index in [4.69, 9.17) is 4.74 Å². The van der Waals surface area contributed by atoms with E-state index in [-0.39, 0.29) is 11.6 Å². The van der Waals surface area contributed by atoms with Gasteiger partial charge >= 0.3 is 5.97 Å². The minimum atomic E-state index is -0.686. The van der Waals surface area contributed by atoms with Gasteiger partial charge in [-0.2, -0.15) is 10.2 Å². The van der Waals surface area contributed by atoms with Gasteiger partial charge in [-0.3, -0.25) is 14.6 Å². The number of aromatic nitrogens is 4. The standard InChI is InChI=1S/C17H25N5O3/c1-10(2)6-15(17(24)25-5)18-16(23)14-8-13(19-20-14)9-22-12(4)7-11(3)21-22/h7-8,10,15H,6,9H2,1-5H3,(H,18,23)(H,19,20)/t15-/m0/s1. The maximum Gasteiger partial charge on any atom is 0.328 e. The highest BCUT2D eigenvalue weighted by molar-refractivity contribution is 5.95. The van der Waals surface area contributed by atoms with Crippen molar-refractivity contribution in [3.8, 4) is 0 Å². The number of carbonyl (C=O) groups is 2. The quantitative estimate of drug-likeness (QED) is 0.741. The van der Waals surface area contributed by atoms with Crippen molar-refractivity contribution in [2.75, 3.05) is 7.11 Å². The van der Waals surface area contributed by atoms with Gasteiger partial charge in [0.05, 0.1) is 25.0 Å². The van der Waals surface area contributed by atoms with Crippen LogP contribution in [-0.2, 0) is 16.1 Å². The molecule has 2 aromatic rings. The Morgan fingerprint density at radius 3 is 2.60 bits per heavy atom. The largest absolute Gasteiger partial charge is 0.467 e. The van der Waals surface area contributed by atoms with Crippen LogP contribution in [0, 0.1) is 19.8 Å². The molecule has 0 radical (unpaired) electrons. The van der Waals surface area contributed by atoms with Gasteiger partial charge in [-0.05, 0) is 38.3 Å². The fraction of sp³-hybridized carbons (Fsp3) is 0.529. The van der Waals surface area contributed by atoms with Gasteiger partial charge in [-0.15, -0.1) is 0 Å². The molecule has 8 nitrogen and oxygen atoms in total. The predicted octanol–water partition coefficient (Wildman–Crippen LogP) is 1.59. The molecule has 0 saturated heterocycles. The van der Waals surface area contributed by atoms with E-state index in [1.807, 2.05) is 38.4 Å². The van der Waals surface area contributed by atoms with E-state index in [1.54, 1.807) is 6.07 Å². The molecule has 0 saturated carbocycles. The number of hydrogen-bond acceptors (Lipinski definition) is 5. The number of carbonyl (C=O) groups excluding carboxylic acids is 2. The van der Waals surface area contributed by atoms with Crippen LogP contribution in [0.5, 0.6) is 0 Å². The van der Waals surface area contributed by atoms with Crippen LogP contribution in [0.4, 0.5) is 0 Å². The van der Waals surface area contributed by atoms with E-state index in [0.717, 1.165) is 17.1 Å². The lowest BCUT2D eigenvalue weighted by atomic mass is 10.0. The number of esters is 1. The normalized spacial score (nSPS) is 12.2. The third-order valence-electron chi connectivity index (χ3n) is 3.79. The van der Waals surface area contributed by atoms with Gasteiger partial charge in [0.25, 0.3) is 5.91 Å². The van der Waals surface area contributed by atoms with E-state index in [0.29, 0.717) is 13.0 Å². The summed E-state index contributed by atoms with van der Waals surface area (Å²) in [4.78, 5) is 24.2. The van der Waals surface area contributed by atoms with Gasteiger partial charge < -0.3 is 10.1 Å². The van der Waals surface area contributed by atoms with Crippen molar-refractivity contribution >= 4 is 11.9 Å². The zero-order valence-corrected chi connectivity index (χ0v) is 15.3. The summed E-state index contributed by atoms with van der Waals surface area (Å²) in [7, 11) is 1.31. The number of ether oxygens (including phenoxy) is 1. The average Bonchev–Trinajstić information content (AvgIpc) is 3.12. The molecular formula is C17H25N5O3. The predicted molar refractivity (Wildman–Crippen MR) is 92.1 cm³/mol. The smallest absolute Gasteiger partial charge is 0.328 e. The molecule has 2 aromatic heterocycles. The molecule has 1 atom stereocenters. The number of aryl methyl sites for hydroxylation is 2. The van der Waals surface area contributed by atoms with Gasteiger partial charge in [0.15, 0.2) is 0 Å². The zero-order chi connectivity index (χ0) is 18.6. The summed E-state index contributed by atoms with van der Waals surface area (Å²) in [5, 5.41) is 13.9. The molecule has 0 aromatic carbocycles. The zero-order valence-electron chi connectivity index (χ0n) is 15.3. The number of rotatable bonds is 7. The number of nitrogens with zero attached hydrogens (tertiary/aromatic N) is 3. The van der Waals surface area contributed by atoms with E-state index in [9.17, 15) is 9.59 Å². The highest BCUT2D eigenvalue weighted by Gasteiger charge is 2.24.